The molecule has 4 N–H and O–H groups in total. The van der Waals surface area contributed by atoms with Gasteiger partial charge in [0.1, 0.15) is 46.0 Å². The van der Waals surface area contributed by atoms with E-state index in [1.54, 1.807) is 24.3 Å². The van der Waals surface area contributed by atoms with E-state index in [1.807, 2.05) is 36.4 Å². The Bertz CT molecular complexity index is 2170. The molecule has 286 valence electrons. The molecule has 0 atom stereocenters. The average molecular weight is 765 g/mol. The topological polar surface area (TPSA) is 230 Å². The lowest BCUT2D eigenvalue weighted by molar-refractivity contribution is -0.133. The van der Waals surface area contributed by atoms with E-state index in [1.165, 1.54) is 12.5 Å². The summed E-state index contributed by atoms with van der Waals surface area (Å²) in [5.74, 6) is -1.65. The molecule has 0 aliphatic carbocycles. The number of esters is 4. The van der Waals surface area contributed by atoms with Crippen molar-refractivity contribution >= 4 is 35.7 Å². The van der Waals surface area contributed by atoms with Crippen LogP contribution in [0.1, 0.15) is 44.9 Å². The summed E-state index contributed by atoms with van der Waals surface area (Å²) in [6, 6.07) is 18.8. The number of amides is 2. The molecule has 4 aliphatic rings. The first kappa shape index (κ1) is 37.0. The number of rotatable bonds is 8. The lowest BCUT2D eigenvalue weighted by Gasteiger charge is -2.13. The van der Waals surface area contributed by atoms with E-state index in [4.69, 9.17) is 27.8 Å². The number of aromatic hydroxyl groups is 2. The van der Waals surface area contributed by atoms with E-state index in [0.29, 0.717) is 22.6 Å². The number of nitrogens with one attached hydrogen (secondary N) is 2. The lowest BCUT2D eigenvalue weighted by Crippen LogP contribution is -2.24. The molecular weight excluding hydrogens is 732 g/mol. The summed E-state index contributed by atoms with van der Waals surface area (Å²) in [6.07, 6.45) is 2.24. The molecule has 3 aromatic carbocycles. The Morgan fingerprint density at radius 3 is 1.18 bits per heavy atom. The fourth-order valence-corrected chi connectivity index (χ4v) is 6.40. The first-order chi connectivity index (χ1) is 27.0. The Labute approximate surface area is 316 Å². The Kier molecular flexibility index (Phi) is 10.5. The first-order valence-corrected chi connectivity index (χ1v) is 17.3. The van der Waals surface area contributed by atoms with Gasteiger partial charge in [-0.05, 0) is 24.3 Å². The van der Waals surface area contributed by atoms with Crippen LogP contribution in [0, 0.1) is 0 Å². The molecule has 0 saturated heterocycles. The van der Waals surface area contributed by atoms with Gasteiger partial charge in [0.15, 0.2) is 0 Å². The van der Waals surface area contributed by atoms with Crippen LogP contribution in [0.5, 0.6) is 34.5 Å². The molecule has 4 aliphatic heterocycles. The molecule has 0 radical (unpaired) electrons. The summed E-state index contributed by atoms with van der Waals surface area (Å²) < 4.78 is 30.7. The fourth-order valence-electron chi connectivity index (χ4n) is 6.40. The molecule has 16 nitrogen and oxygen atoms in total. The molecule has 9 rings (SSSR count). The Hall–Kier alpha value is -7.36. The van der Waals surface area contributed by atoms with Gasteiger partial charge in [-0.2, -0.15) is 0 Å². The molecule has 2 aromatic heterocycles. The lowest BCUT2D eigenvalue weighted by atomic mass is 9.97. The molecule has 16 heteroatoms. The fraction of sp³-hybridized carbons (Fsp3) is 0.200. The predicted octanol–water partition coefficient (Wildman–Crippen LogP) is 3.22. The highest BCUT2D eigenvalue weighted by atomic mass is 16.6. The minimum absolute atomic E-state index is 0.0633. The Balaban J connectivity index is 0.000000149. The zero-order valence-electron chi connectivity index (χ0n) is 29.4. The molecule has 0 saturated carbocycles. The molecule has 0 fully saturated rings. The number of phenolic OH excluding ortho intramolecular Hbond substituents is 2. The number of hydrogen-bond donors (Lipinski definition) is 4. The zero-order valence-corrected chi connectivity index (χ0v) is 29.4. The second kappa shape index (κ2) is 15.9. The zero-order chi connectivity index (χ0) is 39.3. The molecule has 56 heavy (non-hydrogen) atoms. The Morgan fingerprint density at radius 2 is 0.839 bits per heavy atom. The third-order valence-electron chi connectivity index (χ3n) is 8.91. The quantitative estimate of drug-likeness (QED) is 0.131. The van der Waals surface area contributed by atoms with Crippen molar-refractivity contribution in [3.63, 3.8) is 0 Å². The van der Waals surface area contributed by atoms with Gasteiger partial charge in [0.05, 0.1) is 64.1 Å². The Morgan fingerprint density at radius 1 is 0.500 bits per heavy atom. The minimum atomic E-state index is -0.525. The number of benzene rings is 3. The number of furan rings is 2. The van der Waals surface area contributed by atoms with Crippen molar-refractivity contribution in [3.05, 3.63) is 118 Å². The smallest absolute Gasteiger partial charge is 0.315 e. The number of hydrogen-bond acceptors (Lipinski definition) is 14. The van der Waals surface area contributed by atoms with Crippen LogP contribution in [0.2, 0.25) is 0 Å². The highest BCUT2D eigenvalue weighted by Crippen LogP contribution is 2.50. The van der Waals surface area contributed by atoms with E-state index in [-0.39, 0.29) is 120 Å². The molecular formula is C40H32N2O14. The van der Waals surface area contributed by atoms with Gasteiger partial charge in [0.2, 0.25) is 11.8 Å². The molecule has 0 unspecified atom stereocenters. The summed E-state index contributed by atoms with van der Waals surface area (Å²) >= 11 is 0. The summed E-state index contributed by atoms with van der Waals surface area (Å²) in [5, 5.41) is 26.2. The maximum atomic E-state index is 12.2. The van der Waals surface area contributed by atoms with Crippen LogP contribution in [0.25, 0.3) is 0 Å². The van der Waals surface area contributed by atoms with Gasteiger partial charge in [-0.15, -0.1) is 0 Å². The van der Waals surface area contributed by atoms with Gasteiger partial charge in [0.25, 0.3) is 0 Å². The second-order valence-corrected chi connectivity index (χ2v) is 12.7. The third-order valence-corrected chi connectivity index (χ3v) is 8.91. The van der Waals surface area contributed by atoms with Crippen LogP contribution < -0.4 is 29.6 Å². The SMILES string of the molecule is O=C(Cc1c(O)c2c(c3c1OC(=O)C3)OC(=O)C2)NCc1ccco1.O=C(Cc1c(O)c2c(c3c1OC(=O)C3)OC(=O)C2)NCc1ccco1.c1ccccc1. The summed E-state index contributed by atoms with van der Waals surface area (Å²) in [6.45, 7) is 0.391. The van der Waals surface area contributed by atoms with Gasteiger partial charge < -0.3 is 48.6 Å². The van der Waals surface area contributed by atoms with Crippen LogP contribution >= 0.6 is 0 Å². The highest BCUT2D eigenvalue weighted by molar-refractivity contribution is 5.94. The number of phenols is 2. The van der Waals surface area contributed by atoms with Crippen molar-refractivity contribution < 1.29 is 66.8 Å². The van der Waals surface area contributed by atoms with Crippen LogP contribution in [0.15, 0.2) is 82.0 Å². The van der Waals surface area contributed by atoms with Gasteiger partial charge in [-0.3, -0.25) is 28.8 Å². The summed E-state index contributed by atoms with van der Waals surface area (Å²) in [5.41, 5.74) is 1.73. The van der Waals surface area contributed by atoms with E-state index >= 15 is 0 Å². The molecule has 0 bridgehead atoms. The molecule has 5 aromatic rings. The number of ether oxygens (including phenoxy) is 4. The van der Waals surface area contributed by atoms with Crippen molar-refractivity contribution in [2.75, 3.05) is 0 Å². The van der Waals surface area contributed by atoms with Crippen molar-refractivity contribution in [3.8, 4) is 34.5 Å². The van der Waals surface area contributed by atoms with Crippen molar-refractivity contribution in [2.24, 2.45) is 0 Å². The van der Waals surface area contributed by atoms with Crippen LogP contribution in [-0.4, -0.2) is 45.9 Å². The van der Waals surface area contributed by atoms with Gasteiger partial charge in [-0.25, -0.2) is 0 Å². The van der Waals surface area contributed by atoms with E-state index < -0.39 is 23.9 Å². The highest BCUT2D eigenvalue weighted by Gasteiger charge is 2.39. The largest absolute Gasteiger partial charge is 0.507 e. The summed E-state index contributed by atoms with van der Waals surface area (Å²) in [7, 11) is 0. The standard InChI is InChI=1S/2C17H13NO7.C6H6/c2*19-12(18-7-8-2-1-3-23-8)4-9-15(22)10-5-13(20)24-17(10)11-6-14(21)25-16(9)11;1-2-4-6-5-3-1/h2*1-3,22H,4-7H2,(H,18,19);1-6H. The van der Waals surface area contributed by atoms with E-state index in [0.717, 1.165) is 0 Å². The maximum absolute atomic E-state index is 12.2. The van der Waals surface area contributed by atoms with Crippen LogP contribution in [0.4, 0.5) is 0 Å². The van der Waals surface area contributed by atoms with Gasteiger partial charge >= 0.3 is 23.9 Å². The van der Waals surface area contributed by atoms with Crippen molar-refractivity contribution in [1.29, 1.82) is 0 Å². The molecule has 6 heterocycles. The molecule has 0 spiro atoms. The monoisotopic (exact) mass is 764 g/mol. The van der Waals surface area contributed by atoms with Crippen LogP contribution in [0.3, 0.4) is 0 Å². The minimum Gasteiger partial charge on any atom is -0.507 e. The summed E-state index contributed by atoms with van der Waals surface area (Å²) in [4.78, 5) is 70.8. The van der Waals surface area contributed by atoms with Gasteiger partial charge in [-0.1, -0.05) is 36.4 Å². The van der Waals surface area contributed by atoms with E-state index in [2.05, 4.69) is 10.6 Å². The van der Waals surface area contributed by atoms with Crippen molar-refractivity contribution in [2.45, 2.75) is 51.6 Å². The maximum Gasteiger partial charge on any atom is 0.315 e. The second-order valence-electron chi connectivity index (χ2n) is 12.7. The van der Waals surface area contributed by atoms with E-state index in [9.17, 15) is 39.0 Å². The average Bonchev–Trinajstić information content (AvgIpc) is 4.04. The normalized spacial score (nSPS) is 14.0. The number of fused-ring (bicyclic) bond motifs is 6. The molecule has 2 amide bonds. The van der Waals surface area contributed by atoms with Crippen LogP contribution in [-0.2, 0) is 80.4 Å². The van der Waals surface area contributed by atoms with Gasteiger partial charge in [0, 0.05) is 33.4 Å². The third kappa shape index (κ3) is 7.94. The number of carbonyl (C=O) groups excluding carboxylic acids is 6. The first-order valence-electron chi connectivity index (χ1n) is 17.3. The number of carbonyl (C=O) groups is 6. The van der Waals surface area contributed by atoms with Crippen molar-refractivity contribution in [1.82, 2.24) is 10.6 Å². The predicted molar refractivity (Wildman–Crippen MR) is 189 cm³/mol.